The van der Waals surface area contributed by atoms with E-state index < -0.39 is 0 Å². The number of hydrogen-bond donors (Lipinski definition) is 1. The Balaban J connectivity index is 1.65. The predicted octanol–water partition coefficient (Wildman–Crippen LogP) is 4.03. The summed E-state index contributed by atoms with van der Waals surface area (Å²) in [7, 11) is 0. The Bertz CT molecular complexity index is 591. The van der Waals surface area contributed by atoms with Crippen molar-refractivity contribution < 1.29 is 4.74 Å². The van der Waals surface area contributed by atoms with Crippen molar-refractivity contribution >= 4 is 0 Å². The van der Waals surface area contributed by atoms with Crippen molar-refractivity contribution in [3.05, 3.63) is 65.2 Å². The molecule has 2 atom stereocenters. The Morgan fingerprint density at radius 3 is 2.57 bits per heavy atom. The third-order valence-corrected chi connectivity index (χ3v) is 4.27. The Kier molecular flexibility index (Phi) is 4.26. The molecule has 2 unspecified atom stereocenters. The summed E-state index contributed by atoms with van der Waals surface area (Å²) in [4.78, 5) is 0. The molecule has 0 spiro atoms. The van der Waals surface area contributed by atoms with Crippen LogP contribution in [0.25, 0.3) is 0 Å². The van der Waals surface area contributed by atoms with Crippen LogP contribution in [0.3, 0.4) is 0 Å². The van der Waals surface area contributed by atoms with E-state index in [1.807, 2.05) is 6.07 Å². The predicted molar refractivity (Wildman–Crippen MR) is 86.5 cm³/mol. The maximum Gasteiger partial charge on any atom is 0.122 e. The summed E-state index contributed by atoms with van der Waals surface area (Å²) in [5, 5.41) is 0. The molecule has 0 radical (unpaired) electrons. The lowest BCUT2D eigenvalue weighted by atomic mass is 10.1. The Morgan fingerprint density at radius 2 is 1.86 bits per heavy atom. The highest BCUT2D eigenvalue weighted by atomic mass is 16.5. The van der Waals surface area contributed by atoms with Crippen LogP contribution in [0.4, 0.5) is 0 Å². The van der Waals surface area contributed by atoms with Crippen LogP contribution in [0.2, 0.25) is 0 Å². The lowest BCUT2D eigenvalue weighted by molar-refractivity contribution is 0.185. The van der Waals surface area contributed by atoms with Gasteiger partial charge in [0.1, 0.15) is 11.9 Å². The molecule has 0 fully saturated rings. The average molecular weight is 281 g/mol. The number of hydrogen-bond acceptors (Lipinski definition) is 2. The number of rotatable bonds is 5. The lowest BCUT2D eigenvalue weighted by Crippen LogP contribution is -2.27. The van der Waals surface area contributed by atoms with Crippen LogP contribution in [-0.2, 0) is 12.8 Å². The molecule has 0 heterocycles. The summed E-state index contributed by atoms with van der Waals surface area (Å²) < 4.78 is 6.10. The van der Waals surface area contributed by atoms with Crippen molar-refractivity contribution in [1.82, 2.24) is 0 Å². The molecule has 0 saturated carbocycles. The molecule has 0 aromatic heterocycles. The SMILES string of the molecule is CCCCc1ccc(OC2Cc3ccccc3C2N)cc1. The second kappa shape index (κ2) is 6.31. The molecule has 3 rings (SSSR count). The van der Waals surface area contributed by atoms with Gasteiger partial charge in [-0.2, -0.15) is 0 Å². The first-order chi connectivity index (χ1) is 10.3. The van der Waals surface area contributed by atoms with Crippen molar-refractivity contribution in [3.8, 4) is 5.75 Å². The molecule has 2 N–H and O–H groups in total. The van der Waals surface area contributed by atoms with E-state index in [-0.39, 0.29) is 12.1 Å². The van der Waals surface area contributed by atoms with Gasteiger partial charge in [0.05, 0.1) is 6.04 Å². The number of ether oxygens (including phenoxy) is 1. The minimum absolute atomic E-state index is 0.0269. The zero-order chi connectivity index (χ0) is 14.7. The minimum Gasteiger partial charge on any atom is -0.488 e. The largest absolute Gasteiger partial charge is 0.488 e. The minimum atomic E-state index is -0.0269. The third kappa shape index (κ3) is 3.11. The summed E-state index contributed by atoms with van der Waals surface area (Å²) >= 11 is 0. The van der Waals surface area contributed by atoms with Crippen LogP contribution < -0.4 is 10.5 Å². The van der Waals surface area contributed by atoms with Gasteiger partial charge in [0.25, 0.3) is 0 Å². The van der Waals surface area contributed by atoms with Crippen molar-refractivity contribution in [3.63, 3.8) is 0 Å². The zero-order valence-corrected chi connectivity index (χ0v) is 12.6. The van der Waals surface area contributed by atoms with Gasteiger partial charge < -0.3 is 10.5 Å². The van der Waals surface area contributed by atoms with E-state index in [1.165, 1.54) is 29.5 Å². The van der Waals surface area contributed by atoms with Gasteiger partial charge in [-0.05, 0) is 41.7 Å². The van der Waals surface area contributed by atoms with Crippen LogP contribution in [0, 0.1) is 0 Å². The van der Waals surface area contributed by atoms with Crippen LogP contribution in [0.5, 0.6) is 5.75 Å². The van der Waals surface area contributed by atoms with E-state index in [1.54, 1.807) is 0 Å². The van der Waals surface area contributed by atoms with Gasteiger partial charge in [0, 0.05) is 6.42 Å². The standard InChI is InChI=1S/C19H23NO/c1-2-3-6-14-9-11-16(12-10-14)21-18-13-15-7-4-5-8-17(15)19(18)20/h4-5,7-12,18-19H,2-3,6,13,20H2,1H3. The van der Waals surface area contributed by atoms with Crippen LogP contribution in [0.1, 0.15) is 42.5 Å². The highest BCUT2D eigenvalue weighted by Gasteiger charge is 2.30. The smallest absolute Gasteiger partial charge is 0.122 e. The van der Waals surface area contributed by atoms with E-state index in [2.05, 4.69) is 49.4 Å². The highest BCUT2D eigenvalue weighted by molar-refractivity contribution is 5.37. The van der Waals surface area contributed by atoms with E-state index in [0.717, 1.165) is 18.6 Å². The number of nitrogens with two attached hydrogens (primary N) is 1. The normalized spacial score (nSPS) is 20.3. The quantitative estimate of drug-likeness (QED) is 0.898. The molecule has 0 saturated heterocycles. The summed E-state index contributed by atoms with van der Waals surface area (Å²) in [6, 6.07) is 16.8. The second-order valence-electron chi connectivity index (χ2n) is 5.83. The van der Waals surface area contributed by atoms with Gasteiger partial charge in [-0.15, -0.1) is 0 Å². The molecule has 0 amide bonds. The van der Waals surface area contributed by atoms with Gasteiger partial charge in [0.2, 0.25) is 0 Å². The Labute approximate surface area is 126 Å². The van der Waals surface area contributed by atoms with Crippen LogP contribution in [0.15, 0.2) is 48.5 Å². The number of unbranched alkanes of at least 4 members (excludes halogenated alkanes) is 1. The maximum atomic E-state index is 6.31. The van der Waals surface area contributed by atoms with Crippen molar-refractivity contribution in [1.29, 1.82) is 0 Å². The lowest BCUT2D eigenvalue weighted by Gasteiger charge is -2.18. The molecule has 110 valence electrons. The molecule has 0 bridgehead atoms. The van der Waals surface area contributed by atoms with Gasteiger partial charge >= 0.3 is 0 Å². The summed E-state index contributed by atoms with van der Waals surface area (Å²) in [6.07, 6.45) is 4.56. The van der Waals surface area contributed by atoms with Gasteiger partial charge in [0.15, 0.2) is 0 Å². The summed E-state index contributed by atoms with van der Waals surface area (Å²) in [5.74, 6) is 0.920. The number of fused-ring (bicyclic) bond motifs is 1. The first kappa shape index (κ1) is 14.2. The summed E-state index contributed by atoms with van der Waals surface area (Å²) in [6.45, 7) is 2.22. The summed E-state index contributed by atoms with van der Waals surface area (Å²) in [5.41, 5.74) is 10.2. The topological polar surface area (TPSA) is 35.2 Å². The molecule has 2 aromatic carbocycles. The van der Waals surface area contributed by atoms with Gasteiger partial charge in [-0.25, -0.2) is 0 Å². The van der Waals surface area contributed by atoms with E-state index in [4.69, 9.17) is 10.5 Å². The Hall–Kier alpha value is -1.80. The number of benzene rings is 2. The van der Waals surface area contributed by atoms with Crippen molar-refractivity contribution in [2.75, 3.05) is 0 Å². The highest BCUT2D eigenvalue weighted by Crippen LogP contribution is 2.32. The fourth-order valence-electron chi connectivity index (χ4n) is 2.99. The fraction of sp³-hybridized carbons (Fsp3) is 0.368. The molecule has 2 aromatic rings. The average Bonchev–Trinajstić information content (AvgIpc) is 2.83. The molecule has 2 nitrogen and oxygen atoms in total. The molecule has 2 heteroatoms. The van der Waals surface area contributed by atoms with E-state index in [9.17, 15) is 0 Å². The molecule has 1 aliphatic carbocycles. The second-order valence-corrected chi connectivity index (χ2v) is 5.83. The fourth-order valence-corrected chi connectivity index (χ4v) is 2.99. The van der Waals surface area contributed by atoms with Crippen molar-refractivity contribution in [2.45, 2.75) is 44.8 Å². The maximum absolute atomic E-state index is 6.31. The molecular weight excluding hydrogens is 258 g/mol. The van der Waals surface area contributed by atoms with Crippen molar-refractivity contribution in [2.24, 2.45) is 5.73 Å². The molecule has 0 aliphatic heterocycles. The third-order valence-electron chi connectivity index (χ3n) is 4.27. The Morgan fingerprint density at radius 1 is 1.10 bits per heavy atom. The molecule has 21 heavy (non-hydrogen) atoms. The van der Waals surface area contributed by atoms with E-state index >= 15 is 0 Å². The molecular formula is C19H23NO. The first-order valence-electron chi connectivity index (χ1n) is 7.87. The van der Waals surface area contributed by atoms with Crippen LogP contribution in [-0.4, -0.2) is 6.10 Å². The zero-order valence-electron chi connectivity index (χ0n) is 12.6. The van der Waals surface area contributed by atoms with Gasteiger partial charge in [-0.1, -0.05) is 49.7 Å². The van der Waals surface area contributed by atoms with Gasteiger partial charge in [-0.3, -0.25) is 0 Å². The number of aryl methyl sites for hydroxylation is 1. The van der Waals surface area contributed by atoms with E-state index in [0.29, 0.717) is 0 Å². The molecule has 1 aliphatic rings. The first-order valence-corrected chi connectivity index (χ1v) is 7.87. The monoisotopic (exact) mass is 281 g/mol. The van der Waals surface area contributed by atoms with Crippen LogP contribution >= 0.6 is 0 Å².